The largest absolute Gasteiger partial charge is 0.449 e. The van der Waals surface area contributed by atoms with Crippen LogP contribution < -0.4 is 4.90 Å². The van der Waals surface area contributed by atoms with Crippen molar-refractivity contribution >= 4 is 34.7 Å². The summed E-state index contributed by atoms with van der Waals surface area (Å²) in [5.74, 6) is -0.436. The van der Waals surface area contributed by atoms with Gasteiger partial charge in [-0.1, -0.05) is 104 Å². The summed E-state index contributed by atoms with van der Waals surface area (Å²) in [5.41, 5.74) is 9.51. The van der Waals surface area contributed by atoms with Crippen molar-refractivity contribution in [3.05, 3.63) is 174 Å². The van der Waals surface area contributed by atoms with Crippen LogP contribution in [0.15, 0.2) is 146 Å². The summed E-state index contributed by atoms with van der Waals surface area (Å²) in [6, 6.07) is 45.6. The molecule has 1 aliphatic carbocycles. The Morgan fingerprint density at radius 3 is 1.59 bits per heavy atom. The molecular weight excluding hydrogens is 478 g/mol. The topological polar surface area (TPSA) is 29.5 Å². The van der Waals surface area contributed by atoms with Gasteiger partial charge in [0.2, 0.25) is 0 Å². The monoisotopic (exact) mass is 505 g/mol. The predicted molar refractivity (Wildman–Crippen MR) is 159 cm³/mol. The molecule has 3 heteroatoms. The molecule has 0 spiro atoms. The summed E-state index contributed by atoms with van der Waals surface area (Å²) in [5, 5.41) is 0. The minimum Gasteiger partial charge on any atom is -0.449 e. The van der Waals surface area contributed by atoms with Crippen LogP contribution in [0.5, 0.6) is 0 Å². The molecule has 3 nitrogen and oxygen atoms in total. The van der Waals surface area contributed by atoms with Gasteiger partial charge in [-0.05, 0) is 64.7 Å². The number of hydrogen-bond donors (Lipinski definition) is 0. The molecule has 0 N–H and O–H groups in total. The third-order valence-electron chi connectivity index (χ3n) is 6.96. The SMILES string of the molecule is C=CC(=O)OC1c2ccccc2C(=Cc2ccc(N(c3ccccc3)c3ccccc3)cc2)c2ccccc21. The van der Waals surface area contributed by atoms with Crippen molar-refractivity contribution in [3.8, 4) is 0 Å². The van der Waals surface area contributed by atoms with Crippen molar-refractivity contribution in [2.24, 2.45) is 0 Å². The van der Waals surface area contributed by atoms with Gasteiger partial charge in [0.25, 0.3) is 0 Å². The molecule has 0 aliphatic heterocycles. The number of fused-ring (bicyclic) bond motifs is 2. The number of ether oxygens (including phenoxy) is 1. The molecule has 0 radical (unpaired) electrons. The van der Waals surface area contributed by atoms with E-state index in [2.05, 4.69) is 102 Å². The zero-order valence-corrected chi connectivity index (χ0v) is 21.4. The minimum absolute atomic E-state index is 0.436. The zero-order chi connectivity index (χ0) is 26.6. The van der Waals surface area contributed by atoms with E-state index >= 15 is 0 Å². The molecule has 0 amide bonds. The molecule has 0 atom stereocenters. The smallest absolute Gasteiger partial charge is 0.331 e. The molecule has 0 fully saturated rings. The van der Waals surface area contributed by atoms with Gasteiger partial charge in [-0.2, -0.15) is 0 Å². The Hall–Kier alpha value is -5.15. The molecule has 0 bridgehead atoms. The molecule has 39 heavy (non-hydrogen) atoms. The number of esters is 1. The highest BCUT2D eigenvalue weighted by Gasteiger charge is 2.30. The summed E-state index contributed by atoms with van der Waals surface area (Å²) in [4.78, 5) is 14.5. The highest BCUT2D eigenvalue weighted by molar-refractivity contribution is 5.96. The van der Waals surface area contributed by atoms with Crippen LogP contribution in [0, 0.1) is 0 Å². The van der Waals surface area contributed by atoms with Gasteiger partial charge in [-0.3, -0.25) is 0 Å². The maximum Gasteiger partial charge on any atom is 0.331 e. The average Bonchev–Trinajstić information content (AvgIpc) is 3.00. The second-order valence-corrected chi connectivity index (χ2v) is 9.35. The molecule has 188 valence electrons. The highest BCUT2D eigenvalue weighted by atomic mass is 16.5. The van der Waals surface area contributed by atoms with Crippen LogP contribution in [0.4, 0.5) is 17.1 Å². The van der Waals surface area contributed by atoms with E-state index in [0.29, 0.717) is 0 Å². The predicted octanol–water partition coefficient (Wildman–Crippen LogP) is 8.88. The average molecular weight is 506 g/mol. The summed E-state index contributed by atoms with van der Waals surface area (Å²) >= 11 is 0. The fourth-order valence-corrected chi connectivity index (χ4v) is 5.19. The Bertz CT molecular complexity index is 1570. The van der Waals surface area contributed by atoms with E-state index in [-0.39, 0.29) is 0 Å². The Morgan fingerprint density at radius 1 is 0.615 bits per heavy atom. The Morgan fingerprint density at radius 2 is 1.08 bits per heavy atom. The number of anilines is 3. The molecule has 6 rings (SSSR count). The second-order valence-electron chi connectivity index (χ2n) is 9.35. The first-order chi connectivity index (χ1) is 19.2. The van der Waals surface area contributed by atoms with Gasteiger partial charge in [0.1, 0.15) is 0 Å². The minimum atomic E-state index is -0.479. The summed E-state index contributed by atoms with van der Waals surface area (Å²) in [6.45, 7) is 3.58. The van der Waals surface area contributed by atoms with Crippen molar-refractivity contribution in [2.75, 3.05) is 4.90 Å². The third-order valence-corrected chi connectivity index (χ3v) is 6.96. The number of carbonyl (C=O) groups excluding carboxylic acids is 1. The molecule has 0 saturated heterocycles. The first-order valence-electron chi connectivity index (χ1n) is 13.0. The Kier molecular flexibility index (Phi) is 6.63. The van der Waals surface area contributed by atoms with Crippen molar-refractivity contribution in [1.82, 2.24) is 0 Å². The molecule has 5 aromatic rings. The van der Waals surface area contributed by atoms with Crippen LogP contribution in [0.3, 0.4) is 0 Å². The Balaban J connectivity index is 1.42. The van der Waals surface area contributed by atoms with Gasteiger partial charge in [0, 0.05) is 34.3 Å². The maximum absolute atomic E-state index is 12.2. The number of nitrogens with zero attached hydrogens (tertiary/aromatic N) is 1. The molecule has 1 aliphatic rings. The molecular formula is C36H27NO2. The van der Waals surface area contributed by atoms with Gasteiger partial charge >= 0.3 is 5.97 Å². The fraction of sp³-hybridized carbons (Fsp3) is 0.0278. The maximum atomic E-state index is 12.2. The second kappa shape index (κ2) is 10.7. The van der Waals surface area contributed by atoms with Crippen LogP contribution in [-0.4, -0.2) is 5.97 Å². The van der Waals surface area contributed by atoms with Gasteiger partial charge in [-0.25, -0.2) is 4.79 Å². The number of carbonyl (C=O) groups is 1. The number of benzene rings is 5. The van der Waals surface area contributed by atoms with Crippen LogP contribution in [0.1, 0.15) is 33.9 Å². The number of hydrogen-bond acceptors (Lipinski definition) is 3. The molecule has 0 unspecified atom stereocenters. The third kappa shape index (κ3) is 4.78. The van der Waals surface area contributed by atoms with Crippen molar-refractivity contribution in [3.63, 3.8) is 0 Å². The van der Waals surface area contributed by atoms with Gasteiger partial charge < -0.3 is 9.64 Å². The van der Waals surface area contributed by atoms with E-state index < -0.39 is 12.1 Å². The molecule has 0 heterocycles. The van der Waals surface area contributed by atoms with Gasteiger partial charge in [0.05, 0.1) is 0 Å². The molecule has 5 aromatic carbocycles. The summed E-state index contributed by atoms with van der Waals surface area (Å²) in [7, 11) is 0. The summed E-state index contributed by atoms with van der Waals surface area (Å²) < 4.78 is 5.83. The van der Waals surface area contributed by atoms with E-state index in [1.165, 1.54) is 6.08 Å². The van der Waals surface area contributed by atoms with Crippen molar-refractivity contribution < 1.29 is 9.53 Å². The van der Waals surface area contributed by atoms with E-state index in [4.69, 9.17) is 4.74 Å². The van der Waals surface area contributed by atoms with E-state index in [9.17, 15) is 4.79 Å². The van der Waals surface area contributed by atoms with Crippen LogP contribution in [-0.2, 0) is 9.53 Å². The van der Waals surface area contributed by atoms with E-state index in [1.54, 1.807) is 0 Å². The van der Waals surface area contributed by atoms with E-state index in [0.717, 1.165) is 50.5 Å². The van der Waals surface area contributed by atoms with Crippen LogP contribution in [0.25, 0.3) is 11.6 Å². The van der Waals surface area contributed by atoms with E-state index in [1.807, 2.05) is 48.5 Å². The zero-order valence-electron chi connectivity index (χ0n) is 21.4. The lowest BCUT2D eigenvalue weighted by Crippen LogP contribution is -2.18. The van der Waals surface area contributed by atoms with Gasteiger partial charge in [0.15, 0.2) is 6.10 Å². The quantitative estimate of drug-likeness (QED) is 0.170. The lowest BCUT2D eigenvalue weighted by molar-refractivity contribution is -0.141. The number of rotatable bonds is 6. The van der Waals surface area contributed by atoms with Crippen molar-refractivity contribution in [1.29, 1.82) is 0 Å². The lowest BCUT2D eigenvalue weighted by atomic mass is 9.79. The van der Waals surface area contributed by atoms with Crippen LogP contribution >= 0.6 is 0 Å². The Labute approximate surface area is 228 Å². The summed E-state index contributed by atoms with van der Waals surface area (Å²) in [6.07, 6.45) is 2.95. The van der Waals surface area contributed by atoms with Gasteiger partial charge in [-0.15, -0.1) is 0 Å². The highest BCUT2D eigenvalue weighted by Crippen LogP contribution is 2.44. The fourth-order valence-electron chi connectivity index (χ4n) is 5.19. The molecule has 0 saturated carbocycles. The number of para-hydroxylation sites is 2. The van der Waals surface area contributed by atoms with Crippen molar-refractivity contribution in [2.45, 2.75) is 6.10 Å². The molecule has 0 aromatic heterocycles. The lowest BCUT2D eigenvalue weighted by Gasteiger charge is -2.30. The normalized spacial score (nSPS) is 13.5. The standard InChI is InChI=1S/C36H27NO2/c1-2-35(38)39-36-32-19-11-9-17-30(32)34(31-18-10-12-20-33(31)36)25-26-21-23-29(24-22-26)37(27-13-5-3-6-14-27)28-15-7-4-8-16-28/h2-25,36H,1H2. The van der Waals surface area contributed by atoms with Crippen LogP contribution in [0.2, 0.25) is 0 Å². The first kappa shape index (κ1) is 24.2. The first-order valence-corrected chi connectivity index (χ1v) is 13.0.